The highest BCUT2D eigenvalue weighted by molar-refractivity contribution is 5.94. The predicted octanol–water partition coefficient (Wildman–Crippen LogP) is 2.74. The van der Waals surface area contributed by atoms with Crippen LogP contribution in [0.2, 0.25) is 0 Å². The summed E-state index contributed by atoms with van der Waals surface area (Å²) in [7, 11) is 0. The van der Waals surface area contributed by atoms with Gasteiger partial charge < -0.3 is 14.9 Å². The van der Waals surface area contributed by atoms with Crippen LogP contribution in [0.4, 0.5) is 0 Å². The second kappa shape index (κ2) is 6.89. The van der Waals surface area contributed by atoms with Gasteiger partial charge in [-0.3, -0.25) is 4.79 Å². The number of hydrogen-bond acceptors (Lipinski definition) is 4. The Kier molecular flexibility index (Phi) is 4.93. The molecule has 1 heterocycles. The van der Waals surface area contributed by atoms with E-state index in [1.807, 2.05) is 13.8 Å². The molecular weight excluding hydrogens is 284 g/mol. The maximum absolute atomic E-state index is 12.1. The van der Waals surface area contributed by atoms with Crippen LogP contribution < -0.4 is 5.32 Å². The van der Waals surface area contributed by atoms with Crippen molar-refractivity contribution < 1.29 is 19.2 Å². The normalized spacial score (nSPS) is 13.4. The maximum atomic E-state index is 12.1. The van der Waals surface area contributed by atoms with Crippen LogP contribution in [0.3, 0.4) is 0 Å². The molecule has 1 amide bonds. The molecule has 2 N–H and O–H groups in total. The summed E-state index contributed by atoms with van der Waals surface area (Å²) in [6.07, 6.45) is 0.870. The zero-order chi connectivity index (χ0) is 16.1. The van der Waals surface area contributed by atoms with Gasteiger partial charge in [-0.1, -0.05) is 49.3 Å². The number of nitrogens with one attached hydrogen (secondary N) is 1. The summed E-state index contributed by atoms with van der Waals surface area (Å²) in [5, 5.41) is 15.6. The fourth-order valence-electron chi connectivity index (χ4n) is 1.97. The van der Waals surface area contributed by atoms with Crippen molar-refractivity contribution in [3.8, 4) is 0 Å². The first-order valence-corrected chi connectivity index (χ1v) is 7.08. The molecule has 0 aliphatic heterocycles. The molecule has 2 rings (SSSR count). The van der Waals surface area contributed by atoms with Crippen LogP contribution in [0.25, 0.3) is 0 Å². The van der Waals surface area contributed by atoms with E-state index in [9.17, 15) is 14.7 Å². The Morgan fingerprint density at radius 2 is 2.00 bits per heavy atom. The van der Waals surface area contributed by atoms with Gasteiger partial charge in [-0.25, -0.2) is 4.79 Å². The number of benzene rings is 1. The summed E-state index contributed by atoms with van der Waals surface area (Å²) in [4.78, 5) is 23.5. The fraction of sp³-hybridized carbons (Fsp3) is 0.312. The van der Waals surface area contributed by atoms with Crippen molar-refractivity contribution in [2.45, 2.75) is 32.2 Å². The van der Waals surface area contributed by atoms with Crippen molar-refractivity contribution in [3.63, 3.8) is 0 Å². The SMILES string of the molecule is CC[C@H](C)c1cc(C(=O)N[C@H](C(=O)O)c2ccccc2)on1. The molecule has 22 heavy (non-hydrogen) atoms. The van der Waals surface area contributed by atoms with Gasteiger partial charge in [-0.2, -0.15) is 0 Å². The van der Waals surface area contributed by atoms with E-state index in [4.69, 9.17) is 4.52 Å². The van der Waals surface area contributed by atoms with Crippen LogP contribution in [0.15, 0.2) is 40.9 Å². The Morgan fingerprint density at radius 1 is 1.32 bits per heavy atom. The Bertz CT molecular complexity index is 651. The number of carbonyl (C=O) groups excluding carboxylic acids is 1. The number of nitrogens with zero attached hydrogens (tertiary/aromatic N) is 1. The number of amides is 1. The minimum absolute atomic E-state index is 0.0116. The van der Waals surface area contributed by atoms with E-state index in [0.29, 0.717) is 11.3 Å². The topological polar surface area (TPSA) is 92.4 Å². The van der Waals surface area contributed by atoms with E-state index in [0.717, 1.165) is 6.42 Å². The predicted molar refractivity (Wildman–Crippen MR) is 79.5 cm³/mol. The number of hydrogen-bond donors (Lipinski definition) is 2. The summed E-state index contributed by atoms with van der Waals surface area (Å²) in [5.74, 6) is -1.55. The summed E-state index contributed by atoms with van der Waals surface area (Å²) < 4.78 is 5.01. The van der Waals surface area contributed by atoms with Gasteiger partial charge in [0.2, 0.25) is 5.76 Å². The second-order valence-electron chi connectivity index (χ2n) is 5.08. The molecule has 0 unspecified atom stereocenters. The average molecular weight is 302 g/mol. The van der Waals surface area contributed by atoms with Crippen molar-refractivity contribution >= 4 is 11.9 Å². The van der Waals surface area contributed by atoms with Crippen LogP contribution in [-0.2, 0) is 4.79 Å². The molecule has 0 saturated heterocycles. The van der Waals surface area contributed by atoms with Crippen LogP contribution in [-0.4, -0.2) is 22.1 Å². The monoisotopic (exact) mass is 302 g/mol. The van der Waals surface area contributed by atoms with E-state index < -0.39 is 17.9 Å². The lowest BCUT2D eigenvalue weighted by molar-refractivity contribution is -0.139. The van der Waals surface area contributed by atoms with Gasteiger partial charge in [0.25, 0.3) is 5.91 Å². The van der Waals surface area contributed by atoms with Gasteiger partial charge >= 0.3 is 5.97 Å². The molecule has 1 aromatic heterocycles. The van der Waals surface area contributed by atoms with Gasteiger partial charge in [-0.05, 0) is 12.0 Å². The zero-order valence-electron chi connectivity index (χ0n) is 12.4. The third-order valence-electron chi connectivity index (χ3n) is 3.52. The smallest absolute Gasteiger partial charge is 0.330 e. The van der Waals surface area contributed by atoms with Crippen molar-refractivity contribution in [2.75, 3.05) is 0 Å². The molecule has 0 aliphatic carbocycles. The number of aliphatic carboxylic acids is 1. The second-order valence-corrected chi connectivity index (χ2v) is 5.08. The molecule has 0 radical (unpaired) electrons. The first-order chi connectivity index (χ1) is 10.5. The van der Waals surface area contributed by atoms with E-state index in [-0.39, 0.29) is 11.7 Å². The van der Waals surface area contributed by atoms with Gasteiger partial charge in [0, 0.05) is 12.0 Å². The van der Waals surface area contributed by atoms with Crippen molar-refractivity contribution in [1.29, 1.82) is 0 Å². The summed E-state index contributed by atoms with van der Waals surface area (Å²) in [6.45, 7) is 3.98. The third kappa shape index (κ3) is 3.52. The zero-order valence-corrected chi connectivity index (χ0v) is 12.4. The summed E-state index contributed by atoms with van der Waals surface area (Å²) in [6, 6.07) is 8.91. The van der Waals surface area contributed by atoms with E-state index in [1.54, 1.807) is 36.4 Å². The number of rotatable bonds is 6. The fourth-order valence-corrected chi connectivity index (χ4v) is 1.97. The molecule has 0 fully saturated rings. The molecule has 0 aliphatic rings. The third-order valence-corrected chi connectivity index (χ3v) is 3.52. The Balaban J connectivity index is 2.15. The average Bonchev–Trinajstić information content (AvgIpc) is 3.02. The molecule has 0 spiro atoms. The summed E-state index contributed by atoms with van der Waals surface area (Å²) >= 11 is 0. The molecule has 116 valence electrons. The molecule has 2 atom stereocenters. The lowest BCUT2D eigenvalue weighted by atomic mass is 10.0. The highest BCUT2D eigenvalue weighted by atomic mass is 16.5. The van der Waals surface area contributed by atoms with E-state index in [1.165, 1.54) is 0 Å². The highest BCUT2D eigenvalue weighted by Crippen LogP contribution is 2.19. The van der Waals surface area contributed by atoms with Crippen LogP contribution >= 0.6 is 0 Å². The van der Waals surface area contributed by atoms with Crippen molar-refractivity contribution in [3.05, 3.63) is 53.4 Å². The lowest BCUT2D eigenvalue weighted by Gasteiger charge is -2.13. The Morgan fingerprint density at radius 3 is 2.59 bits per heavy atom. The number of carboxylic acid groups (broad SMARTS) is 1. The van der Waals surface area contributed by atoms with Gasteiger partial charge in [0.05, 0.1) is 5.69 Å². The van der Waals surface area contributed by atoms with Gasteiger partial charge in [-0.15, -0.1) is 0 Å². The number of carboxylic acids is 1. The van der Waals surface area contributed by atoms with Gasteiger partial charge in [0.15, 0.2) is 6.04 Å². The molecular formula is C16H18N2O4. The van der Waals surface area contributed by atoms with Crippen molar-refractivity contribution in [2.24, 2.45) is 0 Å². The quantitative estimate of drug-likeness (QED) is 0.856. The van der Waals surface area contributed by atoms with Crippen LogP contribution in [0.1, 0.15) is 54.0 Å². The largest absolute Gasteiger partial charge is 0.479 e. The highest BCUT2D eigenvalue weighted by Gasteiger charge is 2.24. The van der Waals surface area contributed by atoms with Crippen molar-refractivity contribution in [1.82, 2.24) is 10.5 Å². The van der Waals surface area contributed by atoms with E-state index in [2.05, 4.69) is 10.5 Å². The number of aromatic nitrogens is 1. The molecule has 6 heteroatoms. The lowest BCUT2D eigenvalue weighted by Crippen LogP contribution is -2.33. The summed E-state index contributed by atoms with van der Waals surface area (Å²) in [5.41, 5.74) is 1.17. The van der Waals surface area contributed by atoms with Crippen LogP contribution in [0, 0.1) is 0 Å². The Hall–Kier alpha value is -2.63. The van der Waals surface area contributed by atoms with Gasteiger partial charge in [0.1, 0.15) is 0 Å². The minimum atomic E-state index is -1.14. The maximum Gasteiger partial charge on any atom is 0.330 e. The first-order valence-electron chi connectivity index (χ1n) is 7.08. The van der Waals surface area contributed by atoms with Crippen LogP contribution in [0.5, 0.6) is 0 Å². The standard InChI is InChI=1S/C16H18N2O4/c1-3-10(2)12-9-13(22-18-12)15(19)17-14(16(20)21)11-7-5-4-6-8-11/h4-10,14H,3H2,1-2H3,(H,17,19)(H,20,21)/t10-,14-/m0/s1. The molecule has 1 aromatic carbocycles. The molecule has 2 aromatic rings. The molecule has 0 saturated carbocycles. The first kappa shape index (κ1) is 15.8. The molecule has 6 nitrogen and oxygen atoms in total. The van der Waals surface area contributed by atoms with E-state index >= 15 is 0 Å². The Labute approximate surface area is 128 Å². The molecule has 0 bridgehead atoms. The minimum Gasteiger partial charge on any atom is -0.479 e. The number of carbonyl (C=O) groups is 2.